The highest BCUT2D eigenvalue weighted by molar-refractivity contribution is 9.10. The lowest BCUT2D eigenvalue weighted by molar-refractivity contribution is 0.388. The van der Waals surface area contributed by atoms with Gasteiger partial charge in [-0.05, 0) is 49.4 Å². The minimum atomic E-state index is 0.730. The van der Waals surface area contributed by atoms with Crippen molar-refractivity contribution >= 4 is 15.9 Å². The van der Waals surface area contributed by atoms with Crippen LogP contribution >= 0.6 is 15.9 Å². The molecule has 1 unspecified atom stereocenters. The van der Waals surface area contributed by atoms with E-state index in [0.717, 1.165) is 31.3 Å². The van der Waals surface area contributed by atoms with Crippen LogP contribution < -0.4 is 5.32 Å². The standard InChI is InChI=1S/C15H24BrN/c1-4-17-11-13(9-12(2)3)10-14-7-5-6-8-15(14)16/h5-8,12-13,17H,4,9-11H2,1-3H3. The van der Waals surface area contributed by atoms with Crippen LogP contribution in [0.15, 0.2) is 28.7 Å². The molecule has 0 saturated heterocycles. The molecule has 0 spiro atoms. The Balaban J connectivity index is 2.61. The topological polar surface area (TPSA) is 12.0 Å². The lowest BCUT2D eigenvalue weighted by Crippen LogP contribution is -2.25. The number of rotatable bonds is 7. The van der Waals surface area contributed by atoms with Gasteiger partial charge in [0.05, 0.1) is 0 Å². The van der Waals surface area contributed by atoms with Gasteiger partial charge in [0.2, 0.25) is 0 Å². The van der Waals surface area contributed by atoms with Gasteiger partial charge in [-0.1, -0.05) is 54.9 Å². The molecule has 0 aromatic heterocycles. The predicted octanol–water partition coefficient (Wildman–Crippen LogP) is 4.26. The molecule has 0 saturated carbocycles. The van der Waals surface area contributed by atoms with Crippen molar-refractivity contribution in [3.63, 3.8) is 0 Å². The Morgan fingerprint density at radius 3 is 2.53 bits per heavy atom. The number of benzene rings is 1. The predicted molar refractivity (Wildman–Crippen MR) is 79.3 cm³/mol. The zero-order chi connectivity index (χ0) is 12.7. The minimum absolute atomic E-state index is 0.730. The highest BCUT2D eigenvalue weighted by Gasteiger charge is 2.12. The van der Waals surface area contributed by atoms with Crippen LogP contribution in [0.2, 0.25) is 0 Å². The molecule has 1 aromatic carbocycles. The maximum atomic E-state index is 3.64. The molecule has 0 radical (unpaired) electrons. The van der Waals surface area contributed by atoms with Gasteiger partial charge in [0.25, 0.3) is 0 Å². The van der Waals surface area contributed by atoms with Gasteiger partial charge in [0.1, 0.15) is 0 Å². The second-order valence-corrected chi connectivity index (χ2v) is 5.95. The van der Waals surface area contributed by atoms with Crippen LogP contribution in [0, 0.1) is 11.8 Å². The first kappa shape index (κ1) is 14.7. The van der Waals surface area contributed by atoms with Crippen molar-refractivity contribution in [1.29, 1.82) is 0 Å². The first-order chi connectivity index (χ1) is 8.13. The highest BCUT2D eigenvalue weighted by Crippen LogP contribution is 2.22. The summed E-state index contributed by atoms with van der Waals surface area (Å²) >= 11 is 3.64. The number of hydrogen-bond acceptors (Lipinski definition) is 1. The quantitative estimate of drug-likeness (QED) is 0.793. The van der Waals surface area contributed by atoms with Gasteiger partial charge in [-0.25, -0.2) is 0 Å². The molecule has 2 heteroatoms. The lowest BCUT2D eigenvalue weighted by Gasteiger charge is -2.20. The molecule has 0 aliphatic rings. The van der Waals surface area contributed by atoms with Crippen LogP contribution in [0.4, 0.5) is 0 Å². The Kier molecular flexibility index (Phi) is 6.83. The maximum absolute atomic E-state index is 3.64. The van der Waals surface area contributed by atoms with Gasteiger partial charge in [-0.3, -0.25) is 0 Å². The van der Waals surface area contributed by atoms with Gasteiger partial charge < -0.3 is 5.32 Å². The molecule has 1 aromatic rings. The fourth-order valence-corrected chi connectivity index (χ4v) is 2.68. The fourth-order valence-electron chi connectivity index (χ4n) is 2.23. The molecule has 17 heavy (non-hydrogen) atoms. The van der Waals surface area contributed by atoms with E-state index >= 15 is 0 Å². The molecular weight excluding hydrogens is 274 g/mol. The Labute approximate surface area is 114 Å². The van der Waals surface area contributed by atoms with E-state index < -0.39 is 0 Å². The summed E-state index contributed by atoms with van der Waals surface area (Å²) in [5.74, 6) is 1.50. The smallest absolute Gasteiger partial charge is 0.0207 e. The summed E-state index contributed by atoms with van der Waals surface area (Å²) in [6, 6.07) is 8.56. The summed E-state index contributed by atoms with van der Waals surface area (Å²) < 4.78 is 1.24. The van der Waals surface area contributed by atoms with Crippen molar-refractivity contribution in [1.82, 2.24) is 5.32 Å². The van der Waals surface area contributed by atoms with Crippen molar-refractivity contribution in [3.8, 4) is 0 Å². The summed E-state index contributed by atoms with van der Waals surface area (Å²) in [5, 5.41) is 3.48. The molecular formula is C15H24BrN. The Morgan fingerprint density at radius 1 is 1.24 bits per heavy atom. The summed E-state index contributed by atoms with van der Waals surface area (Å²) in [6.45, 7) is 8.96. The van der Waals surface area contributed by atoms with Gasteiger partial charge >= 0.3 is 0 Å². The summed E-state index contributed by atoms with van der Waals surface area (Å²) in [6.07, 6.45) is 2.45. The molecule has 0 fully saturated rings. The lowest BCUT2D eigenvalue weighted by atomic mass is 9.91. The molecule has 1 N–H and O–H groups in total. The van der Waals surface area contributed by atoms with Crippen LogP contribution in [0.5, 0.6) is 0 Å². The normalized spacial score (nSPS) is 13.0. The molecule has 1 rings (SSSR count). The van der Waals surface area contributed by atoms with E-state index in [2.05, 4.69) is 66.3 Å². The summed E-state index contributed by atoms with van der Waals surface area (Å²) in [5.41, 5.74) is 1.43. The van der Waals surface area contributed by atoms with Crippen LogP contribution in [0.25, 0.3) is 0 Å². The number of halogens is 1. The van der Waals surface area contributed by atoms with Crippen LogP contribution in [0.1, 0.15) is 32.8 Å². The monoisotopic (exact) mass is 297 g/mol. The number of nitrogens with one attached hydrogen (secondary N) is 1. The van der Waals surface area contributed by atoms with Crippen molar-refractivity contribution in [3.05, 3.63) is 34.3 Å². The Hall–Kier alpha value is -0.340. The van der Waals surface area contributed by atoms with E-state index in [4.69, 9.17) is 0 Å². The maximum Gasteiger partial charge on any atom is 0.0207 e. The van der Waals surface area contributed by atoms with Crippen molar-refractivity contribution < 1.29 is 0 Å². The number of hydrogen-bond donors (Lipinski definition) is 1. The third kappa shape index (κ3) is 5.69. The molecule has 0 bridgehead atoms. The minimum Gasteiger partial charge on any atom is -0.317 e. The molecule has 0 amide bonds. The fraction of sp³-hybridized carbons (Fsp3) is 0.600. The summed E-state index contributed by atoms with van der Waals surface area (Å²) in [7, 11) is 0. The second kappa shape index (κ2) is 7.88. The molecule has 1 atom stereocenters. The molecule has 96 valence electrons. The van der Waals surface area contributed by atoms with E-state index in [1.54, 1.807) is 0 Å². The van der Waals surface area contributed by atoms with Crippen molar-refractivity contribution in [2.45, 2.75) is 33.6 Å². The molecule has 0 heterocycles. The third-order valence-corrected chi connectivity index (χ3v) is 3.73. The highest BCUT2D eigenvalue weighted by atomic mass is 79.9. The Morgan fingerprint density at radius 2 is 1.94 bits per heavy atom. The van der Waals surface area contributed by atoms with Crippen LogP contribution in [-0.2, 0) is 6.42 Å². The second-order valence-electron chi connectivity index (χ2n) is 5.10. The van der Waals surface area contributed by atoms with E-state index in [0.29, 0.717) is 0 Å². The zero-order valence-electron chi connectivity index (χ0n) is 11.2. The average Bonchev–Trinajstić information content (AvgIpc) is 2.28. The van der Waals surface area contributed by atoms with E-state index in [9.17, 15) is 0 Å². The average molecular weight is 298 g/mol. The molecule has 0 aliphatic heterocycles. The van der Waals surface area contributed by atoms with Gasteiger partial charge in [0.15, 0.2) is 0 Å². The molecule has 1 nitrogen and oxygen atoms in total. The van der Waals surface area contributed by atoms with E-state index in [-0.39, 0.29) is 0 Å². The van der Waals surface area contributed by atoms with Crippen molar-refractivity contribution in [2.75, 3.05) is 13.1 Å². The first-order valence-electron chi connectivity index (χ1n) is 6.57. The van der Waals surface area contributed by atoms with Crippen LogP contribution in [0.3, 0.4) is 0 Å². The van der Waals surface area contributed by atoms with Gasteiger partial charge in [0, 0.05) is 4.47 Å². The van der Waals surface area contributed by atoms with Crippen LogP contribution in [-0.4, -0.2) is 13.1 Å². The Bertz CT molecular complexity index is 322. The third-order valence-electron chi connectivity index (χ3n) is 2.95. The molecule has 0 aliphatic carbocycles. The van der Waals surface area contributed by atoms with Gasteiger partial charge in [-0.15, -0.1) is 0 Å². The summed E-state index contributed by atoms with van der Waals surface area (Å²) in [4.78, 5) is 0. The SMILES string of the molecule is CCNCC(Cc1ccccc1Br)CC(C)C. The van der Waals surface area contributed by atoms with Gasteiger partial charge in [-0.2, -0.15) is 0 Å². The van der Waals surface area contributed by atoms with E-state index in [1.807, 2.05) is 0 Å². The zero-order valence-corrected chi connectivity index (χ0v) is 12.8. The van der Waals surface area contributed by atoms with Crippen molar-refractivity contribution in [2.24, 2.45) is 11.8 Å². The van der Waals surface area contributed by atoms with E-state index in [1.165, 1.54) is 16.5 Å². The largest absolute Gasteiger partial charge is 0.317 e. The first-order valence-corrected chi connectivity index (χ1v) is 7.36.